The average Bonchev–Trinajstić information content (AvgIpc) is 2.59. The van der Waals surface area contributed by atoms with Crippen molar-refractivity contribution in [3.63, 3.8) is 0 Å². The average molecular weight is 358 g/mol. The minimum Gasteiger partial charge on any atom is -0.350 e. The summed E-state index contributed by atoms with van der Waals surface area (Å²) in [6, 6.07) is 10.5. The highest BCUT2D eigenvalue weighted by molar-refractivity contribution is 7.93. The second-order valence-corrected chi connectivity index (χ2v) is 8.38. The number of hydrogen-bond donors (Lipinski definition) is 1. The maximum Gasteiger partial charge on any atom is 0.264 e. The third-order valence-electron chi connectivity index (χ3n) is 4.68. The molecule has 0 saturated heterocycles. The van der Waals surface area contributed by atoms with Gasteiger partial charge in [-0.25, -0.2) is 8.42 Å². The Morgan fingerprint density at radius 2 is 1.88 bits per heavy atom. The lowest BCUT2D eigenvalue weighted by molar-refractivity contribution is 0.0939. The van der Waals surface area contributed by atoms with Crippen LogP contribution >= 0.6 is 0 Å². The van der Waals surface area contributed by atoms with Gasteiger partial charge in [0.1, 0.15) is 0 Å². The van der Waals surface area contributed by atoms with Crippen molar-refractivity contribution in [1.82, 2.24) is 5.32 Å². The first-order chi connectivity index (χ1) is 11.8. The molecule has 1 heterocycles. The van der Waals surface area contributed by atoms with Gasteiger partial charge in [-0.2, -0.15) is 0 Å². The molecular weight excluding hydrogens is 336 g/mol. The number of amides is 1. The van der Waals surface area contributed by atoms with Crippen LogP contribution in [0.5, 0.6) is 0 Å². The predicted molar refractivity (Wildman–Crippen MR) is 99.4 cm³/mol. The van der Waals surface area contributed by atoms with Crippen molar-refractivity contribution in [2.24, 2.45) is 0 Å². The van der Waals surface area contributed by atoms with E-state index in [4.69, 9.17) is 0 Å². The zero-order valence-corrected chi connectivity index (χ0v) is 15.6. The summed E-state index contributed by atoms with van der Waals surface area (Å²) in [6.07, 6.45) is 0.847. The lowest BCUT2D eigenvalue weighted by atomic mass is 9.96. The maximum atomic E-state index is 12.8. The number of carbonyl (C=O) groups excluding carboxylic acids is 1. The van der Waals surface area contributed by atoms with Crippen LogP contribution in [0.25, 0.3) is 11.1 Å². The first kappa shape index (κ1) is 17.5. The van der Waals surface area contributed by atoms with Gasteiger partial charge < -0.3 is 5.32 Å². The molecule has 5 nitrogen and oxygen atoms in total. The Hall–Kier alpha value is -2.34. The zero-order valence-electron chi connectivity index (χ0n) is 14.8. The predicted octanol–water partition coefficient (Wildman–Crippen LogP) is 3.33. The van der Waals surface area contributed by atoms with Gasteiger partial charge in [-0.3, -0.25) is 9.10 Å². The molecule has 0 aliphatic carbocycles. The van der Waals surface area contributed by atoms with E-state index in [0.29, 0.717) is 16.8 Å². The summed E-state index contributed by atoms with van der Waals surface area (Å²) < 4.78 is 26.8. The maximum absolute atomic E-state index is 12.8. The summed E-state index contributed by atoms with van der Waals surface area (Å²) in [5.74, 6) is -0.145. The fraction of sp³-hybridized carbons (Fsp3) is 0.316. The standard InChI is InChI=1S/C19H22N2O3S/c1-5-13(3)20-19(22)14-10-12(2)18-16(11-14)15-8-6-7-9-17(15)25(23,24)21(18)4/h6-11,13H,5H2,1-4H3,(H,20,22). The topological polar surface area (TPSA) is 66.5 Å². The molecule has 2 aromatic rings. The highest BCUT2D eigenvalue weighted by Gasteiger charge is 2.33. The highest BCUT2D eigenvalue weighted by Crippen LogP contribution is 2.44. The molecule has 1 aliphatic heterocycles. The third-order valence-corrected chi connectivity index (χ3v) is 6.50. The van der Waals surface area contributed by atoms with Gasteiger partial charge >= 0.3 is 0 Å². The van der Waals surface area contributed by atoms with Crippen LogP contribution in [0.15, 0.2) is 41.3 Å². The Balaban J connectivity index is 2.20. The van der Waals surface area contributed by atoms with Gasteiger partial charge in [0, 0.05) is 29.8 Å². The van der Waals surface area contributed by atoms with E-state index in [9.17, 15) is 13.2 Å². The number of sulfonamides is 1. The van der Waals surface area contributed by atoms with Crippen LogP contribution in [0.2, 0.25) is 0 Å². The molecule has 1 unspecified atom stereocenters. The second-order valence-electron chi connectivity index (χ2n) is 6.44. The molecule has 1 N–H and O–H groups in total. The van der Waals surface area contributed by atoms with Crippen molar-refractivity contribution < 1.29 is 13.2 Å². The lowest BCUT2D eigenvalue weighted by Gasteiger charge is -2.31. The Kier molecular flexibility index (Phi) is 4.33. The van der Waals surface area contributed by atoms with Crippen LogP contribution in [-0.2, 0) is 10.0 Å². The largest absolute Gasteiger partial charge is 0.350 e. The summed E-state index contributed by atoms with van der Waals surface area (Å²) in [6.45, 7) is 5.80. The fourth-order valence-corrected chi connectivity index (χ4v) is 4.61. The minimum absolute atomic E-state index is 0.0826. The zero-order chi connectivity index (χ0) is 18.4. The Labute approximate surface area is 148 Å². The number of nitrogens with zero attached hydrogens (tertiary/aromatic N) is 1. The molecular formula is C19H22N2O3S. The fourth-order valence-electron chi connectivity index (χ4n) is 3.12. The molecule has 0 spiro atoms. The quantitative estimate of drug-likeness (QED) is 0.915. The smallest absolute Gasteiger partial charge is 0.264 e. The van der Waals surface area contributed by atoms with Gasteiger partial charge in [-0.15, -0.1) is 0 Å². The molecule has 1 atom stereocenters. The molecule has 0 bridgehead atoms. The number of fused-ring (bicyclic) bond motifs is 3. The SMILES string of the molecule is CCC(C)NC(=O)c1cc(C)c2c(c1)-c1ccccc1S(=O)(=O)N2C. The number of benzene rings is 2. The molecule has 1 amide bonds. The van der Waals surface area contributed by atoms with Crippen LogP contribution in [0.1, 0.15) is 36.2 Å². The van der Waals surface area contributed by atoms with Crippen LogP contribution in [0.4, 0.5) is 5.69 Å². The normalized spacial score (nSPS) is 15.9. The van der Waals surface area contributed by atoms with E-state index >= 15 is 0 Å². The van der Waals surface area contributed by atoms with Gasteiger partial charge in [-0.05, 0) is 44.0 Å². The number of aryl methyl sites for hydroxylation is 1. The number of nitrogens with one attached hydrogen (secondary N) is 1. The monoisotopic (exact) mass is 358 g/mol. The van der Waals surface area contributed by atoms with E-state index in [1.165, 1.54) is 4.31 Å². The van der Waals surface area contributed by atoms with Crippen LogP contribution < -0.4 is 9.62 Å². The lowest BCUT2D eigenvalue weighted by Crippen LogP contribution is -2.33. The molecule has 132 valence electrons. The van der Waals surface area contributed by atoms with Crippen LogP contribution in [0.3, 0.4) is 0 Å². The first-order valence-corrected chi connectivity index (χ1v) is 9.75. The number of rotatable bonds is 3. The Morgan fingerprint density at radius 1 is 1.20 bits per heavy atom. The first-order valence-electron chi connectivity index (χ1n) is 8.31. The second kappa shape index (κ2) is 6.19. The minimum atomic E-state index is -3.58. The van der Waals surface area contributed by atoms with Gasteiger partial charge in [0.05, 0.1) is 10.6 Å². The molecule has 2 aromatic carbocycles. The molecule has 0 radical (unpaired) electrons. The summed E-state index contributed by atoms with van der Waals surface area (Å²) in [5, 5.41) is 2.96. The summed E-state index contributed by atoms with van der Waals surface area (Å²) in [7, 11) is -2.03. The van der Waals surface area contributed by atoms with Crippen molar-refractivity contribution >= 4 is 21.6 Å². The van der Waals surface area contributed by atoms with Gasteiger partial charge in [0.25, 0.3) is 15.9 Å². The number of hydrogen-bond acceptors (Lipinski definition) is 3. The molecule has 25 heavy (non-hydrogen) atoms. The highest BCUT2D eigenvalue weighted by atomic mass is 32.2. The summed E-state index contributed by atoms with van der Waals surface area (Å²) in [5.41, 5.74) is 3.32. The van der Waals surface area contributed by atoms with Gasteiger partial charge in [0.15, 0.2) is 0 Å². The van der Waals surface area contributed by atoms with E-state index < -0.39 is 10.0 Å². The van der Waals surface area contributed by atoms with E-state index in [1.54, 1.807) is 37.4 Å². The molecule has 1 aliphatic rings. The van der Waals surface area contributed by atoms with Crippen molar-refractivity contribution in [2.45, 2.75) is 38.1 Å². The molecule has 0 fully saturated rings. The van der Waals surface area contributed by atoms with Crippen molar-refractivity contribution in [3.05, 3.63) is 47.5 Å². The van der Waals surface area contributed by atoms with Crippen LogP contribution in [0, 0.1) is 6.92 Å². The Bertz CT molecular complexity index is 951. The van der Waals surface area contributed by atoms with Crippen molar-refractivity contribution in [1.29, 1.82) is 0 Å². The van der Waals surface area contributed by atoms with E-state index in [0.717, 1.165) is 17.5 Å². The van der Waals surface area contributed by atoms with Crippen molar-refractivity contribution in [3.8, 4) is 11.1 Å². The van der Waals surface area contributed by atoms with Gasteiger partial charge in [0.2, 0.25) is 0 Å². The van der Waals surface area contributed by atoms with Crippen LogP contribution in [-0.4, -0.2) is 27.4 Å². The summed E-state index contributed by atoms with van der Waals surface area (Å²) >= 11 is 0. The molecule has 6 heteroatoms. The third kappa shape index (κ3) is 2.80. The number of anilines is 1. The van der Waals surface area contributed by atoms with E-state index in [1.807, 2.05) is 26.8 Å². The molecule has 0 saturated carbocycles. The van der Waals surface area contributed by atoms with Gasteiger partial charge in [-0.1, -0.05) is 25.1 Å². The van der Waals surface area contributed by atoms with Crippen molar-refractivity contribution in [2.75, 3.05) is 11.4 Å². The number of carbonyl (C=O) groups is 1. The molecule has 0 aromatic heterocycles. The molecule has 3 rings (SSSR count). The summed E-state index contributed by atoms with van der Waals surface area (Å²) in [4.78, 5) is 12.8. The van der Waals surface area contributed by atoms with E-state index in [-0.39, 0.29) is 16.8 Å². The Morgan fingerprint density at radius 3 is 2.56 bits per heavy atom. The van der Waals surface area contributed by atoms with E-state index in [2.05, 4.69) is 5.32 Å².